The van der Waals surface area contributed by atoms with Crippen molar-refractivity contribution in [3.05, 3.63) is 60.0 Å². The number of amidine groups is 1. The fourth-order valence-electron chi connectivity index (χ4n) is 3.54. The average Bonchev–Trinajstić information content (AvgIpc) is 3.12. The summed E-state index contributed by atoms with van der Waals surface area (Å²) in [6.45, 7) is 2.12. The van der Waals surface area contributed by atoms with Crippen LogP contribution in [0, 0.1) is 0 Å². The van der Waals surface area contributed by atoms with Crippen LogP contribution in [-0.4, -0.2) is 35.1 Å². The van der Waals surface area contributed by atoms with E-state index in [0.29, 0.717) is 19.0 Å². The zero-order valence-electron chi connectivity index (χ0n) is 14.9. The molecule has 0 amide bonds. The number of anilines is 1. The van der Waals surface area contributed by atoms with E-state index in [9.17, 15) is 0 Å². The van der Waals surface area contributed by atoms with Gasteiger partial charge in [-0.15, -0.1) is 0 Å². The molecular formula is C21H20N4O2. The van der Waals surface area contributed by atoms with Gasteiger partial charge in [0.15, 0.2) is 5.84 Å². The number of rotatable bonds is 3. The first-order valence-electron chi connectivity index (χ1n) is 9.26. The van der Waals surface area contributed by atoms with Crippen LogP contribution in [-0.2, 0) is 11.3 Å². The smallest absolute Gasteiger partial charge is 0.221 e. The normalized spacial score (nSPS) is 18.8. The van der Waals surface area contributed by atoms with Gasteiger partial charge in [-0.05, 0) is 48.6 Å². The minimum Gasteiger partial charge on any atom is -0.471 e. The number of pyridine rings is 2. The third kappa shape index (κ3) is 3.24. The summed E-state index contributed by atoms with van der Waals surface area (Å²) in [5, 5.41) is 5.47. The molecule has 3 aromatic rings. The van der Waals surface area contributed by atoms with Gasteiger partial charge in [-0.2, -0.15) is 0 Å². The Kier molecular flexibility index (Phi) is 4.18. The van der Waals surface area contributed by atoms with Gasteiger partial charge in [-0.1, -0.05) is 6.07 Å². The van der Waals surface area contributed by atoms with Crippen molar-refractivity contribution < 1.29 is 9.47 Å². The van der Waals surface area contributed by atoms with E-state index in [4.69, 9.17) is 9.47 Å². The van der Waals surface area contributed by atoms with E-state index in [2.05, 4.69) is 32.4 Å². The van der Waals surface area contributed by atoms with Gasteiger partial charge in [0.25, 0.3) is 0 Å². The molecule has 1 fully saturated rings. The van der Waals surface area contributed by atoms with Crippen LogP contribution < -0.4 is 10.1 Å². The number of hydrogen-bond donors (Lipinski definition) is 1. The Hall–Kier alpha value is -2.99. The van der Waals surface area contributed by atoms with Crippen LogP contribution in [0.15, 0.2) is 53.8 Å². The summed E-state index contributed by atoms with van der Waals surface area (Å²) >= 11 is 0. The predicted octanol–water partition coefficient (Wildman–Crippen LogP) is 3.56. The summed E-state index contributed by atoms with van der Waals surface area (Å²) in [5.41, 5.74) is 3.04. The average molecular weight is 360 g/mol. The molecule has 6 heteroatoms. The lowest BCUT2D eigenvalue weighted by Crippen LogP contribution is -2.28. The minimum absolute atomic E-state index is 0.0741. The second kappa shape index (κ2) is 6.96. The molecule has 1 aromatic carbocycles. The van der Waals surface area contributed by atoms with Gasteiger partial charge in [-0.25, -0.2) is 4.98 Å². The van der Waals surface area contributed by atoms with Crippen molar-refractivity contribution >= 4 is 22.3 Å². The van der Waals surface area contributed by atoms with Gasteiger partial charge in [0, 0.05) is 35.6 Å². The summed E-state index contributed by atoms with van der Waals surface area (Å²) in [4.78, 5) is 13.4. The number of aliphatic imine (C=N–C) groups is 1. The highest BCUT2D eigenvalue weighted by molar-refractivity contribution is 6.10. The van der Waals surface area contributed by atoms with Crippen molar-refractivity contribution in [1.82, 2.24) is 9.97 Å². The van der Waals surface area contributed by atoms with Crippen LogP contribution in [0.5, 0.6) is 5.88 Å². The molecule has 2 aliphatic heterocycles. The molecule has 1 atom stereocenters. The molecule has 0 bridgehead atoms. The minimum atomic E-state index is 0.0741. The third-order valence-corrected chi connectivity index (χ3v) is 4.91. The van der Waals surface area contributed by atoms with E-state index in [1.54, 1.807) is 12.4 Å². The van der Waals surface area contributed by atoms with Crippen molar-refractivity contribution in [2.75, 3.05) is 18.5 Å². The maximum absolute atomic E-state index is 6.10. The van der Waals surface area contributed by atoms with Crippen molar-refractivity contribution in [2.45, 2.75) is 25.5 Å². The first-order chi connectivity index (χ1) is 13.4. The molecule has 5 rings (SSSR count). The lowest BCUT2D eigenvalue weighted by atomic mass is 10.1. The molecule has 4 heterocycles. The molecule has 6 nitrogen and oxygen atoms in total. The highest BCUT2D eigenvalue weighted by Gasteiger charge is 2.19. The van der Waals surface area contributed by atoms with Crippen LogP contribution in [0.4, 0.5) is 5.69 Å². The van der Waals surface area contributed by atoms with Gasteiger partial charge in [0.1, 0.15) is 11.8 Å². The number of aromatic nitrogens is 2. The van der Waals surface area contributed by atoms with Gasteiger partial charge in [-0.3, -0.25) is 9.98 Å². The van der Waals surface area contributed by atoms with Crippen molar-refractivity contribution in [1.29, 1.82) is 0 Å². The molecule has 1 N–H and O–H groups in total. The Balaban J connectivity index is 1.40. The van der Waals surface area contributed by atoms with E-state index < -0.39 is 0 Å². The van der Waals surface area contributed by atoms with E-state index in [1.165, 1.54) is 0 Å². The first kappa shape index (κ1) is 16.2. The summed E-state index contributed by atoms with van der Waals surface area (Å²) in [7, 11) is 0. The Morgan fingerprint density at radius 3 is 3.04 bits per heavy atom. The van der Waals surface area contributed by atoms with E-state index >= 15 is 0 Å². The molecule has 0 unspecified atom stereocenters. The SMILES string of the molecule is c1cnc2c(c1)CN=C2Nc1ccc2c(O[C@@H]3CCCOC3)nccc2c1. The van der Waals surface area contributed by atoms with Crippen LogP contribution in [0.2, 0.25) is 0 Å². The molecule has 0 aliphatic carbocycles. The fraction of sp³-hybridized carbons (Fsp3) is 0.286. The zero-order chi connectivity index (χ0) is 18.1. The van der Waals surface area contributed by atoms with Crippen LogP contribution >= 0.6 is 0 Å². The molecule has 2 aliphatic rings. The Morgan fingerprint density at radius 1 is 1.11 bits per heavy atom. The Labute approximate surface area is 157 Å². The predicted molar refractivity (Wildman–Crippen MR) is 104 cm³/mol. The molecule has 1 saturated heterocycles. The highest BCUT2D eigenvalue weighted by Crippen LogP contribution is 2.28. The maximum atomic E-state index is 6.10. The Bertz CT molecular complexity index is 1010. The molecule has 0 radical (unpaired) electrons. The number of ether oxygens (including phenoxy) is 2. The summed E-state index contributed by atoms with van der Waals surface area (Å²) < 4.78 is 11.6. The quantitative estimate of drug-likeness (QED) is 0.773. The lowest BCUT2D eigenvalue weighted by molar-refractivity contribution is 0.00623. The lowest BCUT2D eigenvalue weighted by Gasteiger charge is -2.23. The van der Waals surface area contributed by atoms with Crippen molar-refractivity contribution in [3.63, 3.8) is 0 Å². The van der Waals surface area contributed by atoms with Crippen LogP contribution in [0.25, 0.3) is 10.8 Å². The second-order valence-electron chi connectivity index (χ2n) is 6.81. The van der Waals surface area contributed by atoms with E-state index in [1.807, 2.05) is 24.3 Å². The van der Waals surface area contributed by atoms with Crippen molar-refractivity contribution in [3.8, 4) is 5.88 Å². The molecule has 2 aromatic heterocycles. The number of nitrogens with one attached hydrogen (secondary N) is 1. The number of benzene rings is 1. The number of nitrogens with zero attached hydrogens (tertiary/aromatic N) is 3. The Morgan fingerprint density at radius 2 is 2.11 bits per heavy atom. The molecule has 27 heavy (non-hydrogen) atoms. The zero-order valence-corrected chi connectivity index (χ0v) is 14.9. The molecule has 0 saturated carbocycles. The number of fused-ring (bicyclic) bond motifs is 2. The van der Waals surface area contributed by atoms with E-state index in [-0.39, 0.29) is 6.10 Å². The van der Waals surface area contributed by atoms with Gasteiger partial charge < -0.3 is 14.8 Å². The molecule has 0 spiro atoms. The standard InChI is InChI=1S/C21H20N4O2/c1-3-15-12-24-20(19(15)22-8-1)25-16-5-6-18-14(11-16)7-9-23-21(18)27-17-4-2-10-26-13-17/h1,3,5-9,11,17H,2,4,10,12-13H2,(H,24,25)/t17-/m1/s1. The molecular weight excluding hydrogens is 340 g/mol. The van der Waals surface area contributed by atoms with Gasteiger partial charge in [0.2, 0.25) is 5.88 Å². The van der Waals surface area contributed by atoms with Gasteiger partial charge >= 0.3 is 0 Å². The first-order valence-corrected chi connectivity index (χ1v) is 9.26. The van der Waals surface area contributed by atoms with Crippen molar-refractivity contribution in [2.24, 2.45) is 4.99 Å². The largest absolute Gasteiger partial charge is 0.471 e. The summed E-state index contributed by atoms with van der Waals surface area (Å²) in [6.07, 6.45) is 5.69. The summed E-state index contributed by atoms with van der Waals surface area (Å²) in [5.74, 6) is 1.48. The molecule has 136 valence electrons. The monoisotopic (exact) mass is 360 g/mol. The number of hydrogen-bond acceptors (Lipinski definition) is 6. The van der Waals surface area contributed by atoms with E-state index in [0.717, 1.165) is 53.0 Å². The third-order valence-electron chi connectivity index (χ3n) is 4.91. The topological polar surface area (TPSA) is 68.6 Å². The van der Waals surface area contributed by atoms with Crippen LogP contribution in [0.3, 0.4) is 0 Å². The van der Waals surface area contributed by atoms with Gasteiger partial charge in [0.05, 0.1) is 13.2 Å². The maximum Gasteiger partial charge on any atom is 0.221 e. The summed E-state index contributed by atoms with van der Waals surface area (Å²) in [6, 6.07) is 12.2. The second-order valence-corrected chi connectivity index (χ2v) is 6.81. The highest BCUT2D eigenvalue weighted by atomic mass is 16.5. The fourth-order valence-corrected chi connectivity index (χ4v) is 3.54. The van der Waals surface area contributed by atoms with Crippen LogP contribution in [0.1, 0.15) is 24.1 Å².